The number of benzene rings is 1. The van der Waals surface area contributed by atoms with E-state index in [4.69, 9.17) is 9.47 Å². The Morgan fingerprint density at radius 1 is 1.19 bits per heavy atom. The third-order valence-corrected chi connectivity index (χ3v) is 4.20. The molecule has 0 bridgehead atoms. The molecule has 1 fully saturated rings. The summed E-state index contributed by atoms with van der Waals surface area (Å²) in [4.78, 5) is 26.0. The Morgan fingerprint density at radius 2 is 1.81 bits per heavy atom. The van der Waals surface area contributed by atoms with E-state index in [-0.39, 0.29) is 30.8 Å². The number of amides is 1. The number of hydrogen-bond donors (Lipinski definition) is 1. The first-order valence-corrected chi connectivity index (χ1v) is 9.19. The molecule has 6 heteroatoms. The second kappa shape index (κ2) is 9.03. The van der Waals surface area contributed by atoms with Crippen molar-refractivity contribution in [3.63, 3.8) is 0 Å². The van der Waals surface area contributed by atoms with E-state index in [0.717, 1.165) is 18.4 Å². The first-order chi connectivity index (χ1) is 12.2. The van der Waals surface area contributed by atoms with Crippen LogP contribution < -0.4 is 5.32 Å². The molecule has 1 aliphatic heterocycles. The van der Waals surface area contributed by atoms with E-state index in [2.05, 4.69) is 5.32 Å². The van der Waals surface area contributed by atoms with Gasteiger partial charge < -0.3 is 19.7 Å². The molecule has 0 saturated carbocycles. The number of likely N-dealkylation sites (tertiary alicyclic amines) is 1. The fraction of sp³-hybridized carbons (Fsp3) is 0.600. The summed E-state index contributed by atoms with van der Waals surface area (Å²) in [6, 6.07) is 9.47. The fourth-order valence-electron chi connectivity index (χ4n) is 2.85. The summed E-state index contributed by atoms with van der Waals surface area (Å²) < 4.78 is 10.8. The Morgan fingerprint density at radius 3 is 2.38 bits per heavy atom. The largest absolute Gasteiger partial charge is 0.459 e. The predicted octanol–water partition coefficient (Wildman–Crippen LogP) is 3.11. The van der Waals surface area contributed by atoms with E-state index in [1.807, 2.05) is 58.0 Å². The molecule has 0 spiro atoms. The SMILES string of the molecule is C[C@H](NC1CCN(C(=O)OCc2ccccc2)CC1)C(=O)OC(C)(C)C. The Hall–Kier alpha value is -2.08. The van der Waals surface area contributed by atoms with Crippen molar-refractivity contribution in [1.29, 1.82) is 0 Å². The molecule has 1 aliphatic rings. The van der Waals surface area contributed by atoms with Crippen LogP contribution in [0, 0.1) is 0 Å². The molecule has 6 nitrogen and oxygen atoms in total. The van der Waals surface area contributed by atoms with Gasteiger partial charge in [0.15, 0.2) is 0 Å². The normalized spacial score (nSPS) is 16.8. The molecule has 2 rings (SSSR count). The van der Waals surface area contributed by atoms with Crippen molar-refractivity contribution in [3.05, 3.63) is 35.9 Å². The number of nitrogens with one attached hydrogen (secondary N) is 1. The van der Waals surface area contributed by atoms with E-state index in [1.54, 1.807) is 4.90 Å². The molecule has 144 valence electrons. The minimum Gasteiger partial charge on any atom is -0.459 e. The smallest absolute Gasteiger partial charge is 0.410 e. The van der Waals surface area contributed by atoms with Crippen molar-refractivity contribution in [3.8, 4) is 0 Å². The molecular weight excluding hydrogens is 332 g/mol. The van der Waals surface area contributed by atoms with E-state index >= 15 is 0 Å². The van der Waals surface area contributed by atoms with Gasteiger partial charge in [-0.25, -0.2) is 4.79 Å². The van der Waals surface area contributed by atoms with Crippen LogP contribution >= 0.6 is 0 Å². The number of carbonyl (C=O) groups is 2. The van der Waals surface area contributed by atoms with Crippen molar-refractivity contribution in [2.45, 2.75) is 64.8 Å². The number of esters is 1. The van der Waals surface area contributed by atoms with E-state index in [9.17, 15) is 9.59 Å². The van der Waals surface area contributed by atoms with Crippen LogP contribution in [0.25, 0.3) is 0 Å². The third kappa shape index (κ3) is 6.67. The highest BCUT2D eigenvalue weighted by atomic mass is 16.6. The number of ether oxygens (including phenoxy) is 2. The average Bonchev–Trinajstić information content (AvgIpc) is 2.59. The van der Waals surface area contributed by atoms with Crippen LogP contribution in [0.15, 0.2) is 30.3 Å². The monoisotopic (exact) mass is 362 g/mol. The second-order valence-corrected chi connectivity index (χ2v) is 7.72. The minimum atomic E-state index is -0.487. The molecule has 1 atom stereocenters. The van der Waals surface area contributed by atoms with Crippen molar-refractivity contribution in [2.24, 2.45) is 0 Å². The van der Waals surface area contributed by atoms with Crippen LogP contribution in [0.4, 0.5) is 4.79 Å². The van der Waals surface area contributed by atoms with Crippen molar-refractivity contribution >= 4 is 12.1 Å². The quantitative estimate of drug-likeness (QED) is 0.815. The van der Waals surface area contributed by atoms with Crippen LogP contribution in [0.5, 0.6) is 0 Å². The lowest BCUT2D eigenvalue weighted by Gasteiger charge is -2.33. The summed E-state index contributed by atoms with van der Waals surface area (Å²) in [6.07, 6.45) is 1.29. The van der Waals surface area contributed by atoms with Gasteiger partial charge in [-0.05, 0) is 46.1 Å². The van der Waals surface area contributed by atoms with Gasteiger partial charge in [0.05, 0.1) is 0 Å². The molecule has 1 aromatic carbocycles. The number of carbonyl (C=O) groups excluding carboxylic acids is 2. The number of rotatable bonds is 5. The number of piperidine rings is 1. The fourth-order valence-corrected chi connectivity index (χ4v) is 2.85. The number of hydrogen-bond acceptors (Lipinski definition) is 5. The third-order valence-electron chi connectivity index (χ3n) is 4.20. The standard InChI is InChI=1S/C20H30N2O4/c1-15(18(23)26-20(2,3)4)21-17-10-12-22(13-11-17)19(24)25-14-16-8-6-5-7-9-16/h5-9,15,17,21H,10-14H2,1-4H3/t15-/m0/s1. The summed E-state index contributed by atoms with van der Waals surface area (Å²) in [6.45, 7) is 8.91. The van der Waals surface area contributed by atoms with Gasteiger partial charge >= 0.3 is 12.1 Å². The Balaban J connectivity index is 1.71. The molecule has 1 heterocycles. The molecule has 1 aromatic rings. The molecule has 0 aliphatic carbocycles. The molecule has 26 heavy (non-hydrogen) atoms. The lowest BCUT2D eigenvalue weighted by Crippen LogP contribution is -2.50. The van der Waals surface area contributed by atoms with E-state index in [1.165, 1.54) is 0 Å². The maximum atomic E-state index is 12.2. The lowest BCUT2D eigenvalue weighted by atomic mass is 10.0. The van der Waals surface area contributed by atoms with Gasteiger partial charge in [0.1, 0.15) is 18.2 Å². The van der Waals surface area contributed by atoms with Gasteiger partial charge in [-0.15, -0.1) is 0 Å². The van der Waals surface area contributed by atoms with Crippen molar-refractivity contribution < 1.29 is 19.1 Å². The first-order valence-electron chi connectivity index (χ1n) is 9.19. The van der Waals surface area contributed by atoms with Gasteiger partial charge in [0.25, 0.3) is 0 Å². The Labute approximate surface area is 155 Å². The summed E-state index contributed by atoms with van der Waals surface area (Å²) in [5, 5.41) is 3.31. The van der Waals surface area contributed by atoms with Gasteiger partial charge in [0, 0.05) is 19.1 Å². The zero-order valence-electron chi connectivity index (χ0n) is 16.2. The predicted molar refractivity (Wildman–Crippen MR) is 99.7 cm³/mol. The topological polar surface area (TPSA) is 67.9 Å². The summed E-state index contributed by atoms with van der Waals surface area (Å²) >= 11 is 0. The molecular formula is C20H30N2O4. The van der Waals surface area contributed by atoms with E-state index in [0.29, 0.717) is 13.1 Å². The van der Waals surface area contributed by atoms with Crippen LogP contribution in [0.2, 0.25) is 0 Å². The Bertz CT molecular complexity index is 590. The highest BCUT2D eigenvalue weighted by Gasteiger charge is 2.28. The van der Waals surface area contributed by atoms with Crippen LogP contribution in [0.1, 0.15) is 46.1 Å². The molecule has 1 saturated heterocycles. The van der Waals surface area contributed by atoms with Crippen LogP contribution in [-0.4, -0.2) is 47.7 Å². The molecule has 0 aromatic heterocycles. The Kier molecular flexibility index (Phi) is 7.03. The number of nitrogens with zero attached hydrogens (tertiary/aromatic N) is 1. The zero-order valence-corrected chi connectivity index (χ0v) is 16.2. The molecule has 0 radical (unpaired) electrons. The lowest BCUT2D eigenvalue weighted by molar-refractivity contribution is -0.157. The average molecular weight is 362 g/mol. The summed E-state index contributed by atoms with van der Waals surface area (Å²) in [5.74, 6) is -0.248. The van der Waals surface area contributed by atoms with Crippen molar-refractivity contribution in [1.82, 2.24) is 10.2 Å². The molecule has 1 N–H and O–H groups in total. The zero-order chi connectivity index (χ0) is 19.2. The van der Waals surface area contributed by atoms with Crippen LogP contribution in [-0.2, 0) is 20.9 Å². The second-order valence-electron chi connectivity index (χ2n) is 7.72. The maximum absolute atomic E-state index is 12.2. The summed E-state index contributed by atoms with van der Waals surface area (Å²) in [7, 11) is 0. The van der Waals surface area contributed by atoms with Gasteiger partial charge in [-0.2, -0.15) is 0 Å². The van der Waals surface area contributed by atoms with Crippen molar-refractivity contribution in [2.75, 3.05) is 13.1 Å². The highest BCUT2D eigenvalue weighted by molar-refractivity contribution is 5.75. The molecule has 1 amide bonds. The van der Waals surface area contributed by atoms with Gasteiger partial charge in [-0.1, -0.05) is 30.3 Å². The summed E-state index contributed by atoms with van der Waals surface area (Å²) in [5.41, 5.74) is 0.488. The van der Waals surface area contributed by atoms with E-state index < -0.39 is 5.60 Å². The highest BCUT2D eigenvalue weighted by Crippen LogP contribution is 2.14. The minimum absolute atomic E-state index is 0.190. The van der Waals surface area contributed by atoms with Crippen LogP contribution in [0.3, 0.4) is 0 Å². The maximum Gasteiger partial charge on any atom is 0.410 e. The van der Waals surface area contributed by atoms with Gasteiger partial charge in [0.2, 0.25) is 0 Å². The molecule has 0 unspecified atom stereocenters. The van der Waals surface area contributed by atoms with Gasteiger partial charge in [-0.3, -0.25) is 4.79 Å². The first kappa shape index (κ1) is 20.2.